The third-order valence-electron chi connectivity index (χ3n) is 4.38. The summed E-state index contributed by atoms with van der Waals surface area (Å²) in [6.07, 6.45) is 0. The number of nitro benzene ring substituents is 1. The molecule has 4 rings (SSSR count). The van der Waals surface area contributed by atoms with Crippen LogP contribution in [0.4, 0.5) is 11.4 Å². The van der Waals surface area contributed by atoms with Crippen molar-refractivity contribution in [3.63, 3.8) is 0 Å². The highest BCUT2D eigenvalue weighted by Gasteiger charge is 2.19. The molecule has 136 valence electrons. The largest absolute Gasteiger partial charge is 0.457 e. The molecular formula is C21H14N4O3. The van der Waals surface area contributed by atoms with Gasteiger partial charge in [-0.05, 0) is 42.5 Å². The van der Waals surface area contributed by atoms with Crippen LogP contribution in [0.2, 0.25) is 0 Å². The van der Waals surface area contributed by atoms with E-state index in [1.165, 1.54) is 12.1 Å². The van der Waals surface area contributed by atoms with Crippen LogP contribution in [0.3, 0.4) is 0 Å². The number of rotatable bonds is 4. The molecule has 0 unspecified atom stereocenters. The Labute approximate surface area is 160 Å². The number of nitrogens with zero attached hydrogens (tertiary/aromatic N) is 3. The van der Waals surface area contributed by atoms with E-state index in [4.69, 9.17) is 10.5 Å². The van der Waals surface area contributed by atoms with Crippen molar-refractivity contribution in [1.29, 1.82) is 5.26 Å². The molecule has 0 aliphatic heterocycles. The molecule has 3 aromatic carbocycles. The molecule has 0 aliphatic carbocycles. The summed E-state index contributed by atoms with van der Waals surface area (Å²) in [5, 5.41) is 21.1. The minimum Gasteiger partial charge on any atom is -0.457 e. The quantitative estimate of drug-likeness (QED) is 0.411. The summed E-state index contributed by atoms with van der Waals surface area (Å²) in [7, 11) is 0. The van der Waals surface area contributed by atoms with E-state index in [9.17, 15) is 15.4 Å². The highest BCUT2D eigenvalue weighted by Crippen LogP contribution is 2.34. The van der Waals surface area contributed by atoms with Crippen LogP contribution in [0.1, 0.15) is 5.69 Å². The van der Waals surface area contributed by atoms with Crippen molar-refractivity contribution in [1.82, 2.24) is 4.57 Å². The fourth-order valence-electron chi connectivity index (χ4n) is 3.08. The Bertz CT molecular complexity index is 1220. The van der Waals surface area contributed by atoms with E-state index in [1.807, 2.05) is 30.3 Å². The molecule has 4 aromatic rings. The maximum Gasteiger partial charge on any atom is 0.270 e. The smallest absolute Gasteiger partial charge is 0.270 e. The van der Waals surface area contributed by atoms with Crippen molar-refractivity contribution in [2.75, 3.05) is 5.73 Å². The van der Waals surface area contributed by atoms with Crippen LogP contribution in [-0.4, -0.2) is 9.49 Å². The molecule has 28 heavy (non-hydrogen) atoms. The van der Waals surface area contributed by atoms with Crippen molar-refractivity contribution >= 4 is 22.3 Å². The third kappa shape index (κ3) is 2.89. The second kappa shape index (κ2) is 6.78. The van der Waals surface area contributed by atoms with Gasteiger partial charge in [0, 0.05) is 23.2 Å². The molecule has 0 spiro atoms. The van der Waals surface area contributed by atoms with Crippen molar-refractivity contribution in [2.24, 2.45) is 0 Å². The Balaban J connectivity index is 1.78. The maximum absolute atomic E-state index is 11.1. The molecule has 0 fully saturated rings. The SMILES string of the molecule is N#Cc1c(N)c2cc([N+](=O)[O-])ccc2n1-c1ccc(Oc2ccccc2)cc1. The predicted molar refractivity (Wildman–Crippen MR) is 106 cm³/mol. The van der Waals surface area contributed by atoms with Crippen molar-refractivity contribution in [3.8, 4) is 23.3 Å². The van der Waals surface area contributed by atoms with Crippen LogP contribution in [0.25, 0.3) is 16.6 Å². The Morgan fingerprint density at radius 3 is 2.32 bits per heavy atom. The second-order valence-corrected chi connectivity index (χ2v) is 6.08. The first-order valence-corrected chi connectivity index (χ1v) is 8.40. The van der Waals surface area contributed by atoms with Gasteiger partial charge in [-0.2, -0.15) is 5.26 Å². The Hall–Kier alpha value is -4.31. The minimum atomic E-state index is -0.488. The Kier molecular flexibility index (Phi) is 4.14. The van der Waals surface area contributed by atoms with Crippen LogP contribution in [0.15, 0.2) is 72.8 Å². The standard InChI is InChI=1S/C21H14N4O3/c22-13-20-21(23)18-12-15(25(26)27)8-11-19(18)24(20)14-6-9-17(10-7-14)28-16-4-2-1-3-5-16/h1-12H,23H2. The highest BCUT2D eigenvalue weighted by atomic mass is 16.6. The van der Waals surface area contributed by atoms with Gasteiger partial charge in [-0.15, -0.1) is 0 Å². The summed E-state index contributed by atoms with van der Waals surface area (Å²) in [5.41, 5.74) is 7.79. The molecule has 0 bridgehead atoms. The van der Waals surface area contributed by atoms with Crippen LogP contribution < -0.4 is 10.5 Å². The highest BCUT2D eigenvalue weighted by molar-refractivity contribution is 5.97. The summed E-state index contributed by atoms with van der Waals surface area (Å²) in [6.45, 7) is 0. The fourth-order valence-corrected chi connectivity index (χ4v) is 3.08. The number of hydrogen-bond donors (Lipinski definition) is 1. The average molecular weight is 370 g/mol. The summed E-state index contributed by atoms with van der Waals surface area (Å²) in [4.78, 5) is 10.6. The summed E-state index contributed by atoms with van der Waals surface area (Å²) >= 11 is 0. The maximum atomic E-state index is 11.1. The zero-order valence-corrected chi connectivity index (χ0v) is 14.6. The van der Waals surface area contributed by atoms with Crippen molar-refractivity contribution in [2.45, 2.75) is 0 Å². The number of anilines is 1. The number of nitrogens with two attached hydrogens (primary N) is 1. The van der Waals surface area contributed by atoms with Gasteiger partial charge in [-0.25, -0.2) is 0 Å². The minimum absolute atomic E-state index is 0.0764. The van der Waals surface area contributed by atoms with Gasteiger partial charge in [0.1, 0.15) is 23.3 Å². The van der Waals surface area contributed by atoms with Gasteiger partial charge in [0.2, 0.25) is 0 Å². The Morgan fingerprint density at radius 1 is 1.00 bits per heavy atom. The lowest BCUT2D eigenvalue weighted by Crippen LogP contribution is -1.98. The van der Waals surface area contributed by atoms with Gasteiger partial charge >= 0.3 is 0 Å². The molecule has 0 atom stereocenters. The summed E-state index contributed by atoms with van der Waals surface area (Å²) in [6, 6.07) is 23.0. The van der Waals surface area contributed by atoms with E-state index >= 15 is 0 Å². The van der Waals surface area contributed by atoms with E-state index in [2.05, 4.69) is 6.07 Å². The fraction of sp³-hybridized carbons (Fsp3) is 0. The van der Waals surface area contributed by atoms with E-state index in [0.717, 1.165) is 5.75 Å². The number of hydrogen-bond acceptors (Lipinski definition) is 5. The van der Waals surface area contributed by atoms with Crippen LogP contribution in [0.5, 0.6) is 11.5 Å². The molecule has 0 amide bonds. The number of aromatic nitrogens is 1. The normalized spacial score (nSPS) is 10.5. The number of ether oxygens (including phenoxy) is 1. The van der Waals surface area contributed by atoms with Gasteiger partial charge in [0.05, 0.1) is 16.1 Å². The molecule has 7 nitrogen and oxygen atoms in total. The van der Waals surface area contributed by atoms with Crippen molar-refractivity contribution in [3.05, 3.63) is 88.6 Å². The molecule has 0 radical (unpaired) electrons. The van der Waals surface area contributed by atoms with Gasteiger partial charge in [0.25, 0.3) is 5.69 Å². The molecular weight excluding hydrogens is 356 g/mol. The molecule has 0 saturated heterocycles. The molecule has 1 heterocycles. The van der Waals surface area contributed by atoms with Gasteiger partial charge < -0.3 is 10.5 Å². The topological polar surface area (TPSA) is 107 Å². The molecule has 7 heteroatoms. The van der Waals surface area contributed by atoms with Gasteiger partial charge in [-0.3, -0.25) is 14.7 Å². The molecule has 0 saturated carbocycles. The summed E-state index contributed by atoms with van der Waals surface area (Å²) in [5.74, 6) is 1.37. The number of nitriles is 1. The van der Waals surface area contributed by atoms with Crippen LogP contribution in [0, 0.1) is 21.4 Å². The number of nitro groups is 1. The van der Waals surface area contributed by atoms with E-state index < -0.39 is 4.92 Å². The van der Waals surface area contributed by atoms with Crippen molar-refractivity contribution < 1.29 is 9.66 Å². The first kappa shape index (κ1) is 17.1. The van der Waals surface area contributed by atoms with Crippen LogP contribution in [-0.2, 0) is 0 Å². The Morgan fingerprint density at radius 2 is 1.68 bits per heavy atom. The number of para-hydroxylation sites is 1. The number of non-ortho nitro benzene ring substituents is 1. The number of nitrogen functional groups attached to an aromatic ring is 1. The molecule has 0 aliphatic rings. The first-order chi connectivity index (χ1) is 13.6. The first-order valence-electron chi connectivity index (χ1n) is 8.40. The lowest BCUT2D eigenvalue weighted by molar-refractivity contribution is -0.384. The summed E-state index contributed by atoms with van der Waals surface area (Å²) < 4.78 is 7.47. The zero-order chi connectivity index (χ0) is 19.7. The molecule has 1 aromatic heterocycles. The number of benzene rings is 3. The van der Waals surface area contributed by atoms with Gasteiger partial charge in [0.15, 0.2) is 0 Å². The monoisotopic (exact) mass is 370 g/mol. The van der Waals surface area contributed by atoms with E-state index in [-0.39, 0.29) is 17.1 Å². The number of fused-ring (bicyclic) bond motifs is 1. The lowest BCUT2D eigenvalue weighted by Gasteiger charge is -2.09. The average Bonchev–Trinajstić information content (AvgIpc) is 3.00. The lowest BCUT2D eigenvalue weighted by atomic mass is 10.2. The van der Waals surface area contributed by atoms with E-state index in [1.54, 1.807) is 34.9 Å². The van der Waals surface area contributed by atoms with E-state index in [0.29, 0.717) is 22.3 Å². The van der Waals surface area contributed by atoms with Crippen LogP contribution >= 0.6 is 0 Å². The molecule has 2 N–H and O–H groups in total. The predicted octanol–water partition coefficient (Wildman–Crippen LogP) is 4.78. The second-order valence-electron chi connectivity index (χ2n) is 6.08. The zero-order valence-electron chi connectivity index (χ0n) is 14.6. The van der Waals surface area contributed by atoms with Gasteiger partial charge in [-0.1, -0.05) is 18.2 Å². The third-order valence-corrected chi connectivity index (χ3v) is 4.38.